The third-order valence-corrected chi connectivity index (χ3v) is 4.41. The minimum absolute atomic E-state index is 0.0911. The van der Waals surface area contributed by atoms with Crippen molar-refractivity contribution in [3.8, 4) is 11.5 Å². The summed E-state index contributed by atoms with van der Waals surface area (Å²) in [5.41, 5.74) is 2.29. The summed E-state index contributed by atoms with van der Waals surface area (Å²) >= 11 is 0. The lowest BCUT2D eigenvalue weighted by molar-refractivity contribution is -0.127. The molecule has 2 aromatic rings. The van der Waals surface area contributed by atoms with Crippen molar-refractivity contribution in [2.75, 3.05) is 13.2 Å². The van der Waals surface area contributed by atoms with Crippen LogP contribution in [0.3, 0.4) is 0 Å². The van der Waals surface area contributed by atoms with Crippen molar-refractivity contribution in [2.24, 2.45) is 0 Å². The molecule has 0 bridgehead atoms. The van der Waals surface area contributed by atoms with Gasteiger partial charge >= 0.3 is 0 Å². The number of benzene rings is 2. The molecule has 27 heavy (non-hydrogen) atoms. The lowest BCUT2D eigenvalue weighted by atomic mass is 10.0. The van der Waals surface area contributed by atoms with Crippen LogP contribution in [0, 0.1) is 0 Å². The predicted octanol–water partition coefficient (Wildman–Crippen LogP) is 4.73. The van der Waals surface area contributed by atoms with Crippen molar-refractivity contribution in [3.63, 3.8) is 0 Å². The van der Waals surface area contributed by atoms with E-state index in [4.69, 9.17) is 9.47 Å². The van der Waals surface area contributed by atoms with E-state index < -0.39 is 6.10 Å². The first kappa shape index (κ1) is 20.8. The maximum Gasteiger partial charge on any atom is 0.260 e. The first-order valence-corrected chi connectivity index (χ1v) is 9.77. The molecule has 0 radical (unpaired) electrons. The minimum Gasteiger partial charge on any atom is -0.494 e. The molecule has 4 nitrogen and oxygen atoms in total. The fourth-order valence-corrected chi connectivity index (χ4v) is 2.95. The summed E-state index contributed by atoms with van der Waals surface area (Å²) in [6.45, 7) is 9.27. The number of rotatable bonds is 10. The average Bonchev–Trinajstić information content (AvgIpc) is 2.66. The highest BCUT2D eigenvalue weighted by molar-refractivity contribution is 5.80. The Bertz CT molecular complexity index is 727. The fraction of sp³-hybridized carbons (Fsp3) is 0.435. The van der Waals surface area contributed by atoms with E-state index in [9.17, 15) is 4.79 Å². The van der Waals surface area contributed by atoms with Gasteiger partial charge in [0.25, 0.3) is 5.91 Å². The van der Waals surface area contributed by atoms with E-state index >= 15 is 0 Å². The molecule has 2 aromatic carbocycles. The van der Waals surface area contributed by atoms with Crippen molar-refractivity contribution in [1.29, 1.82) is 0 Å². The summed E-state index contributed by atoms with van der Waals surface area (Å²) < 4.78 is 11.5. The molecule has 0 heterocycles. The molecule has 1 N–H and O–H groups in total. The maximum absolute atomic E-state index is 12.3. The summed E-state index contributed by atoms with van der Waals surface area (Å²) in [5, 5.41) is 2.97. The van der Waals surface area contributed by atoms with E-state index in [2.05, 4.69) is 25.2 Å². The van der Waals surface area contributed by atoms with Crippen LogP contribution >= 0.6 is 0 Å². The van der Waals surface area contributed by atoms with Gasteiger partial charge in [-0.3, -0.25) is 4.79 Å². The monoisotopic (exact) mass is 369 g/mol. The van der Waals surface area contributed by atoms with Gasteiger partial charge in [-0.25, -0.2) is 0 Å². The number of carbonyl (C=O) groups is 1. The van der Waals surface area contributed by atoms with Crippen LogP contribution in [-0.2, 0) is 11.2 Å². The third-order valence-electron chi connectivity index (χ3n) is 4.41. The van der Waals surface area contributed by atoms with E-state index in [1.807, 2.05) is 49.4 Å². The van der Waals surface area contributed by atoms with Crippen molar-refractivity contribution in [3.05, 3.63) is 59.7 Å². The van der Waals surface area contributed by atoms with Gasteiger partial charge in [0.05, 0.1) is 6.61 Å². The minimum atomic E-state index is -0.527. The van der Waals surface area contributed by atoms with E-state index in [0.717, 1.165) is 29.9 Å². The molecule has 1 unspecified atom stereocenters. The van der Waals surface area contributed by atoms with Crippen molar-refractivity contribution >= 4 is 5.91 Å². The second-order valence-corrected chi connectivity index (χ2v) is 6.89. The summed E-state index contributed by atoms with van der Waals surface area (Å²) in [4.78, 5) is 12.3. The molecule has 0 saturated carbocycles. The second kappa shape index (κ2) is 10.6. The molecule has 0 saturated heterocycles. The molecule has 0 aliphatic heterocycles. The van der Waals surface area contributed by atoms with Crippen LogP contribution in [0.15, 0.2) is 48.5 Å². The van der Waals surface area contributed by atoms with E-state index in [-0.39, 0.29) is 5.91 Å². The zero-order chi connectivity index (χ0) is 19.6. The molecule has 4 heteroatoms. The Morgan fingerprint density at radius 3 is 2.37 bits per heavy atom. The van der Waals surface area contributed by atoms with Gasteiger partial charge in [0.15, 0.2) is 6.10 Å². The van der Waals surface area contributed by atoms with Crippen molar-refractivity contribution in [1.82, 2.24) is 5.32 Å². The molecule has 2 rings (SSSR count). The number of aryl methyl sites for hydroxylation is 1. The molecular formula is C23H31NO3. The van der Waals surface area contributed by atoms with Crippen LogP contribution in [0.2, 0.25) is 0 Å². The summed E-state index contributed by atoms with van der Waals surface area (Å²) in [7, 11) is 0. The normalized spacial score (nSPS) is 11.9. The summed E-state index contributed by atoms with van der Waals surface area (Å²) in [5.74, 6) is 1.96. The van der Waals surface area contributed by atoms with Crippen LogP contribution in [-0.4, -0.2) is 25.2 Å². The van der Waals surface area contributed by atoms with E-state index in [1.165, 1.54) is 5.56 Å². The first-order valence-electron chi connectivity index (χ1n) is 9.77. The SMILES string of the molecule is CCOc1ccccc1CCCNC(=O)C(C)Oc1ccccc1C(C)C. The van der Waals surface area contributed by atoms with Crippen LogP contribution in [0.5, 0.6) is 11.5 Å². The number of nitrogens with one attached hydrogen (secondary N) is 1. The molecule has 0 aliphatic carbocycles. The predicted molar refractivity (Wildman–Crippen MR) is 110 cm³/mol. The number of ether oxygens (including phenoxy) is 2. The highest BCUT2D eigenvalue weighted by atomic mass is 16.5. The van der Waals surface area contributed by atoms with E-state index in [1.54, 1.807) is 6.92 Å². The molecule has 0 aromatic heterocycles. The quantitative estimate of drug-likeness (QED) is 0.616. The Morgan fingerprint density at radius 1 is 1.00 bits per heavy atom. The number of para-hydroxylation sites is 2. The number of carbonyl (C=O) groups excluding carboxylic acids is 1. The first-order chi connectivity index (χ1) is 13.0. The van der Waals surface area contributed by atoms with Gasteiger partial charge in [-0.15, -0.1) is 0 Å². The van der Waals surface area contributed by atoms with Crippen LogP contribution in [0.4, 0.5) is 0 Å². The number of hydrogen-bond donors (Lipinski definition) is 1. The smallest absolute Gasteiger partial charge is 0.260 e. The molecule has 1 atom stereocenters. The molecular weight excluding hydrogens is 338 g/mol. The van der Waals surface area contributed by atoms with Crippen LogP contribution < -0.4 is 14.8 Å². The largest absolute Gasteiger partial charge is 0.494 e. The van der Waals surface area contributed by atoms with Gasteiger partial charge in [-0.05, 0) is 55.9 Å². The molecule has 0 fully saturated rings. The van der Waals surface area contributed by atoms with Crippen molar-refractivity contribution in [2.45, 2.75) is 52.6 Å². The Morgan fingerprint density at radius 2 is 1.67 bits per heavy atom. The standard InChI is InChI=1S/C23H31NO3/c1-5-26-21-14-8-6-11-19(21)12-10-16-24-23(25)18(4)27-22-15-9-7-13-20(22)17(2)3/h6-9,11,13-15,17-18H,5,10,12,16H2,1-4H3,(H,24,25). The topological polar surface area (TPSA) is 47.6 Å². The Hall–Kier alpha value is -2.49. The molecule has 0 spiro atoms. The van der Waals surface area contributed by atoms with Crippen molar-refractivity contribution < 1.29 is 14.3 Å². The van der Waals surface area contributed by atoms with Gasteiger partial charge < -0.3 is 14.8 Å². The zero-order valence-electron chi connectivity index (χ0n) is 16.8. The second-order valence-electron chi connectivity index (χ2n) is 6.89. The van der Waals surface area contributed by atoms with Gasteiger partial charge in [0.2, 0.25) is 0 Å². The van der Waals surface area contributed by atoms with Gasteiger partial charge in [0, 0.05) is 6.54 Å². The summed E-state index contributed by atoms with van der Waals surface area (Å²) in [6.07, 6.45) is 1.19. The number of amides is 1. The Balaban J connectivity index is 1.81. The van der Waals surface area contributed by atoms with Gasteiger partial charge in [0.1, 0.15) is 11.5 Å². The number of hydrogen-bond acceptors (Lipinski definition) is 3. The van der Waals surface area contributed by atoms with Crippen LogP contribution in [0.25, 0.3) is 0 Å². The summed E-state index contributed by atoms with van der Waals surface area (Å²) in [6, 6.07) is 15.9. The highest BCUT2D eigenvalue weighted by Gasteiger charge is 2.16. The highest BCUT2D eigenvalue weighted by Crippen LogP contribution is 2.26. The average molecular weight is 370 g/mol. The third kappa shape index (κ3) is 6.31. The maximum atomic E-state index is 12.3. The Labute approximate surface area is 162 Å². The Kier molecular flexibility index (Phi) is 8.18. The molecule has 0 aliphatic rings. The fourth-order valence-electron chi connectivity index (χ4n) is 2.95. The van der Waals surface area contributed by atoms with Gasteiger partial charge in [-0.2, -0.15) is 0 Å². The molecule has 146 valence electrons. The van der Waals surface area contributed by atoms with Gasteiger partial charge in [-0.1, -0.05) is 50.2 Å². The molecule has 1 amide bonds. The van der Waals surface area contributed by atoms with E-state index in [0.29, 0.717) is 19.1 Å². The van der Waals surface area contributed by atoms with Crippen LogP contribution in [0.1, 0.15) is 51.2 Å². The lowest BCUT2D eigenvalue weighted by Crippen LogP contribution is -2.37. The zero-order valence-corrected chi connectivity index (χ0v) is 16.8. The lowest BCUT2D eigenvalue weighted by Gasteiger charge is -2.18.